The quantitative estimate of drug-likeness (QED) is 0.720. The highest BCUT2D eigenvalue weighted by atomic mass is 32.3. The fourth-order valence-electron chi connectivity index (χ4n) is 1.93. The third kappa shape index (κ3) is 2.90. The Labute approximate surface area is 132 Å². The number of hydrogen-bond donors (Lipinski definition) is 0. The van der Waals surface area contributed by atoms with Gasteiger partial charge >= 0.3 is 0 Å². The minimum atomic E-state index is -4.01. The summed E-state index contributed by atoms with van der Waals surface area (Å²) in [6.45, 7) is 0. The number of benzene rings is 2. The molecule has 0 unspecified atom stereocenters. The summed E-state index contributed by atoms with van der Waals surface area (Å²) in [5, 5.41) is -0.982. The summed E-state index contributed by atoms with van der Waals surface area (Å²) in [6.07, 6.45) is 0. The van der Waals surface area contributed by atoms with Crippen molar-refractivity contribution in [1.29, 1.82) is 0 Å². The second-order valence-electron chi connectivity index (χ2n) is 4.61. The minimum absolute atomic E-state index is 0.0142. The first kappa shape index (κ1) is 15.1. The molecule has 1 aromatic heterocycles. The number of rotatable bonds is 4. The van der Waals surface area contributed by atoms with Gasteiger partial charge in [-0.05, 0) is 24.3 Å². The van der Waals surface area contributed by atoms with Crippen molar-refractivity contribution in [3.8, 4) is 0 Å². The smallest absolute Gasteiger partial charge is 0.220 e. The summed E-state index contributed by atoms with van der Waals surface area (Å²) in [5.74, 6) is 0. The van der Waals surface area contributed by atoms with Gasteiger partial charge in [0.25, 0.3) is 0 Å². The highest BCUT2D eigenvalue weighted by Crippen LogP contribution is 2.27. The lowest BCUT2D eigenvalue weighted by Gasteiger charge is -2.03. The summed E-state index contributed by atoms with van der Waals surface area (Å²) < 4.78 is 49.7. The molecule has 8 heteroatoms. The van der Waals surface area contributed by atoms with Crippen LogP contribution >= 0.6 is 11.3 Å². The summed E-state index contributed by atoms with van der Waals surface area (Å²) >= 11 is 0.977. The molecular weight excluding hydrogens is 342 g/mol. The Balaban J connectivity index is 2.00. The van der Waals surface area contributed by atoms with Gasteiger partial charge in [-0.1, -0.05) is 30.3 Å². The van der Waals surface area contributed by atoms with E-state index in [-0.39, 0.29) is 9.24 Å². The van der Waals surface area contributed by atoms with E-state index in [0.717, 1.165) is 11.3 Å². The number of sulfone groups is 2. The largest absolute Gasteiger partial charge is 0.225 e. The molecule has 0 radical (unpaired) electrons. The predicted octanol–water partition coefficient (Wildman–Crippen LogP) is 2.50. The average Bonchev–Trinajstić information content (AvgIpc) is 2.92. The van der Waals surface area contributed by atoms with Crippen molar-refractivity contribution < 1.29 is 16.8 Å². The standard InChI is InChI=1S/C14H11NO4S3/c16-21(17,11-6-2-1-3-7-11)10-22(18,19)14-15-12-8-4-5-9-13(12)20-14/h1-9H,10H2. The maximum Gasteiger partial charge on any atom is 0.220 e. The van der Waals surface area contributed by atoms with Gasteiger partial charge in [0.15, 0.2) is 14.9 Å². The number of thiazole rings is 1. The van der Waals surface area contributed by atoms with Crippen LogP contribution in [0.15, 0.2) is 63.8 Å². The van der Waals surface area contributed by atoms with E-state index in [4.69, 9.17) is 0 Å². The maximum atomic E-state index is 12.4. The van der Waals surface area contributed by atoms with Crippen LogP contribution in [-0.2, 0) is 19.7 Å². The van der Waals surface area contributed by atoms with Crippen LogP contribution in [-0.4, -0.2) is 26.9 Å². The van der Waals surface area contributed by atoms with Crippen LogP contribution in [0.5, 0.6) is 0 Å². The molecule has 0 N–H and O–H groups in total. The van der Waals surface area contributed by atoms with Crippen LogP contribution in [0.1, 0.15) is 0 Å². The Morgan fingerprint density at radius 3 is 2.14 bits per heavy atom. The minimum Gasteiger partial charge on any atom is -0.225 e. The Morgan fingerprint density at radius 2 is 1.45 bits per heavy atom. The van der Waals surface area contributed by atoms with Crippen LogP contribution in [0.3, 0.4) is 0 Å². The molecule has 0 fully saturated rings. The van der Waals surface area contributed by atoms with E-state index >= 15 is 0 Å². The molecule has 0 saturated heterocycles. The molecule has 22 heavy (non-hydrogen) atoms. The zero-order chi connectivity index (χ0) is 15.8. The van der Waals surface area contributed by atoms with Gasteiger partial charge in [0.05, 0.1) is 15.1 Å². The summed E-state index contributed by atoms with van der Waals surface area (Å²) in [5.41, 5.74) is 0.545. The van der Waals surface area contributed by atoms with Gasteiger partial charge in [-0.25, -0.2) is 21.8 Å². The lowest BCUT2D eigenvalue weighted by molar-refractivity contribution is 0.588. The van der Waals surface area contributed by atoms with Gasteiger partial charge in [0, 0.05) is 0 Å². The number of para-hydroxylation sites is 1. The molecule has 0 atom stereocenters. The van der Waals surface area contributed by atoms with E-state index in [1.165, 1.54) is 12.1 Å². The van der Waals surface area contributed by atoms with Crippen molar-refractivity contribution in [2.75, 3.05) is 5.08 Å². The Kier molecular flexibility index (Phi) is 3.75. The molecule has 0 aliphatic heterocycles. The number of nitrogens with zero attached hydrogens (tertiary/aromatic N) is 1. The molecular formula is C14H11NO4S3. The highest BCUT2D eigenvalue weighted by molar-refractivity contribution is 8.08. The third-order valence-corrected chi connectivity index (χ3v) is 8.89. The van der Waals surface area contributed by atoms with Gasteiger partial charge < -0.3 is 0 Å². The molecule has 114 valence electrons. The number of fused-ring (bicyclic) bond motifs is 1. The van der Waals surface area contributed by atoms with Crippen molar-refractivity contribution in [2.24, 2.45) is 0 Å². The van der Waals surface area contributed by atoms with Gasteiger partial charge in [-0.3, -0.25) is 0 Å². The molecule has 3 rings (SSSR count). The zero-order valence-electron chi connectivity index (χ0n) is 11.2. The second kappa shape index (κ2) is 5.45. The molecule has 0 bridgehead atoms. The fourth-order valence-corrected chi connectivity index (χ4v) is 7.23. The second-order valence-corrected chi connectivity index (χ2v) is 10.2. The van der Waals surface area contributed by atoms with Gasteiger partial charge in [0.1, 0.15) is 0 Å². The van der Waals surface area contributed by atoms with Crippen LogP contribution in [0, 0.1) is 0 Å². The first-order valence-corrected chi connectivity index (χ1v) is 10.4. The molecule has 0 saturated carbocycles. The average molecular weight is 353 g/mol. The topological polar surface area (TPSA) is 81.2 Å². The van der Waals surface area contributed by atoms with Gasteiger partial charge in [0.2, 0.25) is 14.2 Å². The molecule has 3 aromatic rings. The molecule has 1 heterocycles. The monoisotopic (exact) mass is 353 g/mol. The van der Waals surface area contributed by atoms with Crippen molar-refractivity contribution in [1.82, 2.24) is 4.98 Å². The zero-order valence-corrected chi connectivity index (χ0v) is 13.7. The molecule has 5 nitrogen and oxygen atoms in total. The first-order chi connectivity index (χ1) is 10.4. The van der Waals surface area contributed by atoms with Gasteiger partial charge in [-0.2, -0.15) is 0 Å². The first-order valence-electron chi connectivity index (χ1n) is 6.25. The summed E-state index contributed by atoms with van der Waals surface area (Å²) in [7, 11) is -7.93. The van der Waals surface area contributed by atoms with Crippen LogP contribution in [0.25, 0.3) is 10.2 Å². The fraction of sp³-hybridized carbons (Fsp3) is 0.0714. The normalized spacial score (nSPS) is 12.5. The van der Waals surface area contributed by atoms with Crippen molar-refractivity contribution in [2.45, 2.75) is 9.24 Å². The van der Waals surface area contributed by atoms with Crippen molar-refractivity contribution >= 4 is 41.2 Å². The molecule has 0 aliphatic carbocycles. The molecule has 0 spiro atoms. The lowest BCUT2D eigenvalue weighted by atomic mass is 10.3. The Hall–Kier alpha value is -1.77. The third-order valence-electron chi connectivity index (χ3n) is 2.95. The van der Waals surface area contributed by atoms with Crippen LogP contribution in [0.4, 0.5) is 0 Å². The Morgan fingerprint density at radius 1 is 0.818 bits per heavy atom. The predicted molar refractivity (Wildman–Crippen MR) is 85.3 cm³/mol. The molecule has 0 amide bonds. The summed E-state index contributed by atoms with van der Waals surface area (Å²) in [4.78, 5) is 4.01. The molecule has 0 aliphatic rings. The van der Waals surface area contributed by atoms with E-state index in [9.17, 15) is 16.8 Å². The van der Waals surface area contributed by atoms with Crippen molar-refractivity contribution in [3.05, 3.63) is 54.6 Å². The van der Waals surface area contributed by atoms with Crippen LogP contribution < -0.4 is 0 Å². The van der Waals surface area contributed by atoms with Crippen LogP contribution in [0.2, 0.25) is 0 Å². The highest BCUT2D eigenvalue weighted by Gasteiger charge is 2.28. The van der Waals surface area contributed by atoms with E-state index in [2.05, 4.69) is 4.98 Å². The van der Waals surface area contributed by atoms with E-state index in [1.807, 2.05) is 0 Å². The van der Waals surface area contributed by atoms with E-state index in [0.29, 0.717) is 10.2 Å². The van der Waals surface area contributed by atoms with E-state index < -0.39 is 24.8 Å². The van der Waals surface area contributed by atoms with Crippen molar-refractivity contribution in [3.63, 3.8) is 0 Å². The number of hydrogen-bond acceptors (Lipinski definition) is 6. The summed E-state index contributed by atoms with van der Waals surface area (Å²) in [6, 6.07) is 14.5. The van der Waals surface area contributed by atoms with E-state index in [1.54, 1.807) is 42.5 Å². The number of aromatic nitrogens is 1. The lowest BCUT2D eigenvalue weighted by Crippen LogP contribution is -2.16. The Bertz CT molecular complexity index is 989. The maximum absolute atomic E-state index is 12.4. The van der Waals surface area contributed by atoms with Gasteiger partial charge in [-0.15, -0.1) is 11.3 Å². The SMILES string of the molecule is O=S(=O)(CS(=O)(=O)c1nc2ccccc2s1)c1ccccc1. The molecule has 2 aromatic carbocycles.